The zero-order chi connectivity index (χ0) is 0. The molecule has 0 nitrogen and oxygen atoms in total. The summed E-state index contributed by atoms with van der Waals surface area (Å²) in [6, 6.07) is 0. The first kappa shape index (κ1) is 134. The molecule has 32 valence electrons. The molecule has 0 unspecified atom stereocenters. The van der Waals surface area contributed by atoms with Crippen LogP contribution in [0.15, 0.2) is 0 Å². The SMILES string of the molecule is [Be+2].[F-].[F-].[F-].[F-].[K+].[Li+]. The van der Waals surface area contributed by atoms with E-state index in [0.29, 0.717) is 0 Å². The van der Waals surface area contributed by atoms with Crippen molar-refractivity contribution in [2.45, 2.75) is 0 Å². The van der Waals surface area contributed by atoms with Gasteiger partial charge in [-0.3, -0.25) is 0 Å². The fourth-order valence-electron chi connectivity index (χ4n) is 0. The van der Waals surface area contributed by atoms with Gasteiger partial charge in [-0.05, 0) is 0 Å². The maximum atomic E-state index is 0. The van der Waals surface area contributed by atoms with Gasteiger partial charge in [-0.25, -0.2) is 0 Å². The minimum Gasteiger partial charge on any atom is -1.00 e. The molecule has 7 heavy (non-hydrogen) atoms. The van der Waals surface area contributed by atoms with Crippen molar-refractivity contribution in [1.82, 2.24) is 0 Å². The number of rotatable bonds is 0. The molecular formula is BeF4KLi. The molecule has 0 aromatic rings. The van der Waals surface area contributed by atoms with Crippen molar-refractivity contribution >= 4 is 10.1 Å². The molecule has 0 aromatic carbocycles. The van der Waals surface area contributed by atoms with Crippen molar-refractivity contribution in [2.75, 3.05) is 0 Å². The molecular weight excluding hydrogens is 131 g/mol. The van der Waals surface area contributed by atoms with Gasteiger partial charge in [-0.15, -0.1) is 0 Å². The topological polar surface area (TPSA) is 0 Å². The van der Waals surface area contributed by atoms with Gasteiger partial charge in [0.1, 0.15) is 0 Å². The third kappa shape index (κ3) is 67.6. The van der Waals surface area contributed by atoms with Gasteiger partial charge in [-0.1, -0.05) is 0 Å². The summed E-state index contributed by atoms with van der Waals surface area (Å²) in [5.74, 6) is 0. The van der Waals surface area contributed by atoms with Crippen LogP contribution >= 0.6 is 0 Å². The summed E-state index contributed by atoms with van der Waals surface area (Å²) in [5, 5.41) is 0. The first-order valence-corrected chi connectivity index (χ1v) is 0. The van der Waals surface area contributed by atoms with E-state index in [0.717, 1.165) is 0 Å². The fourth-order valence-corrected chi connectivity index (χ4v) is 0. The van der Waals surface area contributed by atoms with E-state index in [1.165, 1.54) is 0 Å². The van der Waals surface area contributed by atoms with Crippen LogP contribution in [0.3, 0.4) is 0 Å². The molecule has 0 spiro atoms. The van der Waals surface area contributed by atoms with Gasteiger partial charge < -0.3 is 18.8 Å². The van der Waals surface area contributed by atoms with Crippen molar-refractivity contribution in [3.8, 4) is 0 Å². The summed E-state index contributed by atoms with van der Waals surface area (Å²) in [7, 11) is 0. The molecule has 0 aliphatic heterocycles. The van der Waals surface area contributed by atoms with Crippen LogP contribution < -0.4 is 89.1 Å². The summed E-state index contributed by atoms with van der Waals surface area (Å²) in [5.41, 5.74) is 0. The minimum atomic E-state index is 0. The second kappa shape index (κ2) is 91.5. The van der Waals surface area contributed by atoms with Crippen LogP contribution in [0.25, 0.3) is 0 Å². The molecule has 0 aliphatic carbocycles. The van der Waals surface area contributed by atoms with Crippen LogP contribution in [0.1, 0.15) is 0 Å². The monoisotopic (exact) mass is 131 g/mol. The summed E-state index contributed by atoms with van der Waals surface area (Å²) < 4.78 is 0. The molecule has 0 N–H and O–H groups in total. The van der Waals surface area contributed by atoms with Crippen molar-refractivity contribution in [3.05, 3.63) is 0 Å². The number of hydrogen-bond acceptors (Lipinski definition) is 0. The van der Waals surface area contributed by atoms with E-state index >= 15 is 0 Å². The number of halogens is 4. The van der Waals surface area contributed by atoms with Crippen LogP contribution in [-0.2, 0) is 0 Å². The molecule has 0 saturated carbocycles. The molecule has 0 bridgehead atoms. The Bertz CT molecular complexity index is 11.7. The summed E-state index contributed by atoms with van der Waals surface area (Å²) in [6.45, 7) is 0. The Labute approximate surface area is 97.5 Å². The van der Waals surface area contributed by atoms with Crippen LogP contribution in [0, 0.1) is 0 Å². The van der Waals surface area contributed by atoms with E-state index in [1.54, 1.807) is 0 Å². The first-order valence-electron chi connectivity index (χ1n) is 0. The quantitative estimate of drug-likeness (QED) is 0.226. The van der Waals surface area contributed by atoms with Crippen LogP contribution in [0.4, 0.5) is 0 Å². The summed E-state index contributed by atoms with van der Waals surface area (Å²) in [4.78, 5) is 0. The molecule has 0 rings (SSSR count). The van der Waals surface area contributed by atoms with E-state index in [1.807, 2.05) is 0 Å². The predicted octanol–water partition coefficient (Wildman–Crippen LogP) is -18.4. The third-order valence-corrected chi connectivity index (χ3v) is 0. The van der Waals surface area contributed by atoms with Crippen LogP contribution in [-0.4, -0.2) is 10.1 Å². The Kier molecular flexibility index (Phi) is 1750. The first-order chi connectivity index (χ1) is 0. The fraction of sp³-hybridized carbons (Fsp3) is 0. The second-order valence-electron chi connectivity index (χ2n) is 0. The zero-order valence-electron chi connectivity index (χ0n) is 4.22. The summed E-state index contributed by atoms with van der Waals surface area (Å²) in [6.07, 6.45) is 0. The number of hydrogen-bond donors (Lipinski definition) is 0. The second-order valence-corrected chi connectivity index (χ2v) is 0. The van der Waals surface area contributed by atoms with Crippen molar-refractivity contribution < 1.29 is 89.1 Å². The van der Waals surface area contributed by atoms with Gasteiger partial charge in [0.25, 0.3) is 0 Å². The largest absolute Gasteiger partial charge is 2.00 e. The zero-order valence-corrected chi connectivity index (χ0v) is 7.34. The average Bonchev–Trinajstić information content (AvgIpc) is 0. The third-order valence-electron chi connectivity index (χ3n) is 0. The van der Waals surface area contributed by atoms with Gasteiger partial charge in [0.05, 0.1) is 0 Å². The normalized spacial score (nSPS) is 0. The van der Waals surface area contributed by atoms with Gasteiger partial charge in [-0.2, -0.15) is 0 Å². The van der Waals surface area contributed by atoms with Crippen molar-refractivity contribution in [3.63, 3.8) is 0 Å². The standard InChI is InChI=1S/Be.4FH.K.Li/h;4*1H;;/q+2;;;;;2*+1/p-4. The van der Waals surface area contributed by atoms with Crippen LogP contribution in [0.5, 0.6) is 0 Å². The van der Waals surface area contributed by atoms with Crippen molar-refractivity contribution in [1.29, 1.82) is 0 Å². The van der Waals surface area contributed by atoms with Crippen LogP contribution in [0.2, 0.25) is 0 Å². The maximum absolute atomic E-state index is 0. The van der Waals surface area contributed by atoms with E-state index in [9.17, 15) is 0 Å². The van der Waals surface area contributed by atoms with Gasteiger partial charge in [0.2, 0.25) is 0 Å². The van der Waals surface area contributed by atoms with Gasteiger partial charge in [0, 0.05) is 0 Å². The molecule has 0 atom stereocenters. The molecule has 7 heteroatoms. The average molecular weight is 131 g/mol. The molecule has 0 saturated heterocycles. The Morgan fingerprint density at radius 1 is 0.571 bits per heavy atom. The van der Waals surface area contributed by atoms with E-state index in [-0.39, 0.29) is 99.2 Å². The molecule has 0 fully saturated rings. The van der Waals surface area contributed by atoms with E-state index < -0.39 is 0 Å². The molecule has 0 heterocycles. The molecule has 0 aromatic heterocycles. The van der Waals surface area contributed by atoms with Gasteiger partial charge >= 0.3 is 80.4 Å². The Morgan fingerprint density at radius 3 is 0.571 bits per heavy atom. The Morgan fingerprint density at radius 2 is 0.571 bits per heavy atom. The summed E-state index contributed by atoms with van der Waals surface area (Å²) >= 11 is 0. The Hall–Kier alpha value is 2.12. The predicted molar refractivity (Wildman–Crippen MR) is 5.75 cm³/mol. The van der Waals surface area contributed by atoms with Crippen molar-refractivity contribution in [2.24, 2.45) is 0 Å². The minimum absolute atomic E-state index is 0. The smallest absolute Gasteiger partial charge is 1.00 e. The van der Waals surface area contributed by atoms with E-state index in [2.05, 4.69) is 0 Å². The molecule has 0 radical (unpaired) electrons. The van der Waals surface area contributed by atoms with E-state index in [4.69, 9.17) is 0 Å². The van der Waals surface area contributed by atoms with Gasteiger partial charge in [0.15, 0.2) is 0 Å². The molecule has 0 amide bonds. The maximum Gasteiger partial charge on any atom is 2.00 e. The Balaban J connectivity index is 0. The molecule has 0 aliphatic rings.